The van der Waals surface area contributed by atoms with Crippen molar-refractivity contribution in [3.05, 3.63) is 120 Å². The topological polar surface area (TPSA) is 246 Å². The Hall–Kier alpha value is -7.50. The first kappa shape index (κ1) is 48.0. The Bertz CT molecular complexity index is 2850. The lowest BCUT2D eigenvalue weighted by Gasteiger charge is -2.12. The lowest BCUT2D eigenvalue weighted by Crippen LogP contribution is -2.03. The van der Waals surface area contributed by atoms with Crippen LogP contribution in [0.15, 0.2) is 79.9 Å². The molecule has 66 heavy (non-hydrogen) atoms. The monoisotopic (exact) mass is 891 g/mol. The predicted octanol–water partition coefficient (Wildman–Crippen LogP) is 10.5. The number of nitrogens with one attached hydrogen (secondary N) is 6. The summed E-state index contributed by atoms with van der Waals surface area (Å²) in [6, 6.07) is 13.8. The zero-order valence-corrected chi connectivity index (χ0v) is 38.5. The highest BCUT2D eigenvalue weighted by Gasteiger charge is 2.18. The molecule has 9 heterocycles. The smallest absolute Gasteiger partial charge is 0.231 e. The lowest BCUT2D eigenvalue weighted by atomic mass is 9.93. The number of hydrogen-bond donors (Lipinski definition) is 6. The number of H-pyrrole nitrogens is 5. The predicted molar refractivity (Wildman–Crippen MR) is 262 cm³/mol. The maximum absolute atomic E-state index is 4.37. The second-order valence-electron chi connectivity index (χ2n) is 16.9. The van der Waals surface area contributed by atoms with Gasteiger partial charge in [0, 0.05) is 63.7 Å². The Labute approximate surface area is 384 Å². The Morgan fingerprint density at radius 1 is 0.545 bits per heavy atom. The first-order chi connectivity index (χ1) is 31.5. The van der Waals surface area contributed by atoms with Crippen molar-refractivity contribution in [3.63, 3.8) is 0 Å². The average Bonchev–Trinajstić information content (AvgIpc) is 4.17. The van der Waals surface area contributed by atoms with Crippen LogP contribution in [0.2, 0.25) is 0 Å². The highest BCUT2D eigenvalue weighted by Crippen LogP contribution is 2.27. The minimum absolute atomic E-state index is 0. The number of benzene rings is 1. The first-order valence-electron chi connectivity index (χ1n) is 22.1. The van der Waals surface area contributed by atoms with Crippen molar-refractivity contribution in [2.75, 3.05) is 5.32 Å². The molecule has 18 nitrogen and oxygen atoms in total. The van der Waals surface area contributed by atoms with Crippen LogP contribution in [0.25, 0.3) is 43.9 Å². The SMILES string of the molecule is C.CC(C)c1[nH]nc2ccncc12.CC(C)c1[nH]nc2ncccc12.CC(C)c1[nH]nc2ncncc12.CC(C)c1n[nH]c2c1CCCC2.Cc1ncnc(Nc2n[nH]c3ccccc23)n1. The summed E-state index contributed by atoms with van der Waals surface area (Å²) in [4.78, 5) is 28.3. The summed E-state index contributed by atoms with van der Waals surface area (Å²) >= 11 is 0. The van der Waals surface area contributed by atoms with E-state index in [1.807, 2.05) is 55.6 Å². The number of hydrogen-bond acceptors (Lipinski definition) is 13. The molecular formula is C48H62N18. The van der Waals surface area contributed by atoms with E-state index in [9.17, 15) is 0 Å². The van der Waals surface area contributed by atoms with E-state index in [1.54, 1.807) is 18.6 Å². The van der Waals surface area contributed by atoms with Gasteiger partial charge in [-0.25, -0.2) is 24.9 Å². The van der Waals surface area contributed by atoms with Crippen molar-refractivity contribution in [2.24, 2.45) is 0 Å². The summed E-state index contributed by atoms with van der Waals surface area (Å²) in [6.07, 6.45) is 15.2. The van der Waals surface area contributed by atoms with Gasteiger partial charge in [0.15, 0.2) is 17.1 Å². The van der Waals surface area contributed by atoms with Crippen LogP contribution in [0.5, 0.6) is 0 Å². The molecule has 18 heteroatoms. The Morgan fingerprint density at radius 2 is 1.21 bits per heavy atom. The van der Waals surface area contributed by atoms with E-state index in [1.165, 1.54) is 55.3 Å². The molecule has 1 aliphatic carbocycles. The van der Waals surface area contributed by atoms with Gasteiger partial charge in [0.05, 0.1) is 22.1 Å². The highest BCUT2D eigenvalue weighted by atomic mass is 15.2. The number of anilines is 2. The largest absolute Gasteiger partial charge is 0.307 e. The van der Waals surface area contributed by atoms with Crippen molar-refractivity contribution in [1.82, 2.24) is 85.9 Å². The molecule has 344 valence electrons. The van der Waals surface area contributed by atoms with Gasteiger partial charge in [-0.3, -0.25) is 30.5 Å². The fourth-order valence-corrected chi connectivity index (χ4v) is 7.43. The fourth-order valence-electron chi connectivity index (χ4n) is 7.43. The van der Waals surface area contributed by atoms with E-state index >= 15 is 0 Å². The van der Waals surface area contributed by atoms with E-state index in [-0.39, 0.29) is 7.43 Å². The van der Waals surface area contributed by atoms with Crippen molar-refractivity contribution in [3.8, 4) is 0 Å². The number of aromatic nitrogens is 17. The molecule has 0 bridgehead atoms. The zero-order valence-electron chi connectivity index (χ0n) is 38.5. The summed E-state index contributed by atoms with van der Waals surface area (Å²) in [5, 5.41) is 43.3. The van der Waals surface area contributed by atoms with Gasteiger partial charge in [0.2, 0.25) is 5.95 Å². The Balaban J connectivity index is 0.000000137. The second kappa shape index (κ2) is 22.4. The summed E-state index contributed by atoms with van der Waals surface area (Å²) < 4.78 is 0. The number of fused-ring (bicyclic) bond motifs is 5. The van der Waals surface area contributed by atoms with Gasteiger partial charge in [-0.2, -0.15) is 30.5 Å². The Morgan fingerprint density at radius 3 is 1.95 bits per heavy atom. The van der Waals surface area contributed by atoms with E-state index in [4.69, 9.17) is 0 Å². The van der Waals surface area contributed by atoms with E-state index in [0.717, 1.165) is 61.0 Å². The molecule has 9 aromatic heterocycles. The van der Waals surface area contributed by atoms with Gasteiger partial charge < -0.3 is 5.32 Å². The van der Waals surface area contributed by atoms with Gasteiger partial charge in [0.25, 0.3) is 0 Å². The second-order valence-corrected chi connectivity index (χ2v) is 16.9. The minimum Gasteiger partial charge on any atom is -0.307 e. The molecule has 1 aliphatic rings. The van der Waals surface area contributed by atoms with E-state index in [2.05, 4.69) is 147 Å². The molecule has 0 aliphatic heterocycles. The third kappa shape index (κ3) is 11.6. The molecule has 0 radical (unpaired) electrons. The van der Waals surface area contributed by atoms with Crippen LogP contribution in [-0.4, -0.2) is 85.9 Å². The molecule has 10 aromatic rings. The standard InChI is InChI=1S/C11H10N6.C10H16N2.2C9H11N3.C8H10N4.CH4/c1-7-12-6-13-11(14-7)15-10-8-4-2-3-5-9(8)16-17-10;1-7(2)10-8-5-3-4-6-9(8)11-12-10;1-6(2)9-7-5-10-4-3-8(7)11-12-9;1-6(2)8-7-4-3-5-10-9(7)12-11-8;1-5(2)7-6-3-9-4-10-8(6)12-11-7;/h2-6H,1H3,(H2,12,13,14,15,16,17);7H,3-6H2,1-2H3,(H,11,12);3-6H,1-2H3,(H,11,12);3-6H,1-2H3,(H,10,11,12);3-5H,1-2H3,(H,9,10,11,12);1H4. The molecule has 1 aromatic carbocycles. The molecular weight excluding hydrogens is 829 g/mol. The lowest BCUT2D eigenvalue weighted by molar-refractivity contribution is 0.668. The van der Waals surface area contributed by atoms with Crippen molar-refractivity contribution in [1.29, 1.82) is 0 Å². The van der Waals surface area contributed by atoms with Crippen molar-refractivity contribution < 1.29 is 0 Å². The van der Waals surface area contributed by atoms with Crippen LogP contribution < -0.4 is 5.32 Å². The molecule has 0 atom stereocenters. The maximum Gasteiger partial charge on any atom is 0.231 e. The van der Waals surface area contributed by atoms with Gasteiger partial charge in [-0.1, -0.05) is 74.9 Å². The van der Waals surface area contributed by atoms with Gasteiger partial charge in [0.1, 0.15) is 18.5 Å². The number of nitrogens with zero attached hydrogens (tertiary/aromatic N) is 12. The van der Waals surface area contributed by atoms with Gasteiger partial charge >= 0.3 is 0 Å². The number of aromatic amines is 5. The number of rotatable bonds is 6. The molecule has 0 fully saturated rings. The minimum atomic E-state index is 0. The summed E-state index contributed by atoms with van der Waals surface area (Å²) in [6.45, 7) is 19.0. The molecule has 6 N–H and O–H groups in total. The van der Waals surface area contributed by atoms with Crippen molar-refractivity contribution in [2.45, 2.75) is 119 Å². The van der Waals surface area contributed by atoms with Crippen LogP contribution in [0.4, 0.5) is 11.8 Å². The summed E-state index contributed by atoms with van der Waals surface area (Å²) in [5.41, 5.74) is 11.2. The maximum atomic E-state index is 4.37. The summed E-state index contributed by atoms with van der Waals surface area (Å²) in [5.74, 6) is 3.82. The normalized spacial score (nSPS) is 11.9. The fraction of sp³-hybridized carbons (Fsp3) is 0.375. The molecule has 0 spiro atoms. The van der Waals surface area contributed by atoms with Crippen LogP contribution in [0.1, 0.15) is 139 Å². The van der Waals surface area contributed by atoms with Gasteiger partial charge in [-0.15, -0.1) is 0 Å². The third-order valence-corrected chi connectivity index (χ3v) is 10.8. The molecule has 11 rings (SSSR count). The first-order valence-corrected chi connectivity index (χ1v) is 22.1. The molecule has 0 saturated heterocycles. The number of para-hydroxylation sites is 1. The average molecular weight is 891 g/mol. The van der Waals surface area contributed by atoms with Crippen LogP contribution in [0.3, 0.4) is 0 Å². The van der Waals surface area contributed by atoms with Crippen molar-refractivity contribution >= 4 is 55.6 Å². The van der Waals surface area contributed by atoms with Gasteiger partial charge in [-0.05, 0) is 92.2 Å². The van der Waals surface area contributed by atoms with E-state index < -0.39 is 0 Å². The highest BCUT2D eigenvalue weighted by molar-refractivity contribution is 5.90. The van der Waals surface area contributed by atoms with Crippen LogP contribution in [-0.2, 0) is 12.8 Å². The summed E-state index contributed by atoms with van der Waals surface area (Å²) in [7, 11) is 0. The molecule has 0 unspecified atom stereocenters. The zero-order chi connectivity index (χ0) is 45.9. The van der Waals surface area contributed by atoms with Crippen LogP contribution >= 0.6 is 0 Å². The quantitative estimate of drug-likeness (QED) is 0.0911. The van der Waals surface area contributed by atoms with Crippen LogP contribution in [0, 0.1) is 6.92 Å². The molecule has 0 amide bonds. The number of pyridine rings is 2. The molecule has 0 saturated carbocycles. The number of aryl methyl sites for hydroxylation is 2. The Kier molecular flexibility index (Phi) is 16.3. The third-order valence-electron chi connectivity index (χ3n) is 10.8. The van der Waals surface area contributed by atoms with E-state index in [0.29, 0.717) is 41.3 Å².